The molecule has 4 aromatic carbocycles. The Morgan fingerprint density at radius 1 is 0.656 bits per heavy atom. The molecule has 0 radical (unpaired) electrons. The number of rotatable bonds is 3. The Balaban J connectivity index is 1.76. The predicted octanol–water partition coefficient (Wildman–Crippen LogP) is 7.98. The quantitative estimate of drug-likeness (QED) is 0.283. The van der Waals surface area contributed by atoms with Gasteiger partial charge in [-0.05, 0) is 54.2 Å². The van der Waals surface area contributed by atoms with Gasteiger partial charge in [-0.2, -0.15) is 0 Å². The maximum atomic E-state index is 2.50. The van der Waals surface area contributed by atoms with E-state index in [9.17, 15) is 0 Å². The fraction of sp³-hybridized carbons (Fsp3) is 0.0968. The highest BCUT2D eigenvalue weighted by Crippen LogP contribution is 2.43. The van der Waals surface area contributed by atoms with E-state index in [1.54, 1.807) is 0 Å². The van der Waals surface area contributed by atoms with Crippen LogP contribution in [0.1, 0.15) is 28.8 Å². The van der Waals surface area contributed by atoms with Crippen LogP contribution in [-0.4, -0.2) is 4.57 Å². The van der Waals surface area contributed by atoms with E-state index in [4.69, 9.17) is 0 Å². The monoisotopic (exact) mass is 411 g/mol. The van der Waals surface area contributed by atoms with Crippen LogP contribution >= 0.6 is 0 Å². The van der Waals surface area contributed by atoms with E-state index in [0.29, 0.717) is 0 Å². The van der Waals surface area contributed by atoms with Gasteiger partial charge in [-0.3, -0.25) is 0 Å². The summed E-state index contributed by atoms with van der Waals surface area (Å²) in [6.07, 6.45) is 4.56. The minimum Gasteiger partial charge on any atom is -0.308 e. The summed E-state index contributed by atoms with van der Waals surface area (Å²) in [7, 11) is 0. The average Bonchev–Trinajstić information content (AvgIpc) is 3.20. The third-order valence-electron chi connectivity index (χ3n) is 6.63. The molecule has 1 nitrogen and oxygen atoms in total. The molecule has 0 amide bonds. The molecular formula is C31H25N. The maximum Gasteiger partial charge on any atom is 0.0616 e. The first-order valence-corrected chi connectivity index (χ1v) is 11.4. The first kappa shape index (κ1) is 18.9. The fourth-order valence-electron chi connectivity index (χ4n) is 5.20. The molecule has 1 aliphatic rings. The molecule has 0 fully saturated rings. The number of allylic oxidation sites excluding steroid dienone is 1. The molecule has 0 atom stereocenters. The molecule has 0 bridgehead atoms. The summed E-state index contributed by atoms with van der Waals surface area (Å²) in [4.78, 5) is 0. The Hall–Kier alpha value is -3.84. The number of aryl methyl sites for hydroxylation is 2. The Morgan fingerprint density at radius 2 is 1.34 bits per heavy atom. The maximum absolute atomic E-state index is 2.50. The normalized spacial score (nSPS) is 13.1. The lowest BCUT2D eigenvalue weighted by Gasteiger charge is -2.20. The number of fused-ring (bicyclic) bond motifs is 3. The van der Waals surface area contributed by atoms with Crippen molar-refractivity contribution in [1.29, 1.82) is 0 Å². The van der Waals surface area contributed by atoms with E-state index >= 15 is 0 Å². The molecule has 0 spiro atoms. The van der Waals surface area contributed by atoms with E-state index in [1.165, 1.54) is 55.7 Å². The SMILES string of the molecule is Cc1ccccc1-c1cccc2c3c(n(-c4ccccc4)c12)C(c1ccccc1)=CCC3. The largest absolute Gasteiger partial charge is 0.308 e. The van der Waals surface area contributed by atoms with Crippen LogP contribution < -0.4 is 0 Å². The summed E-state index contributed by atoms with van der Waals surface area (Å²) in [5, 5.41) is 1.37. The Morgan fingerprint density at radius 3 is 2.12 bits per heavy atom. The second-order valence-electron chi connectivity index (χ2n) is 8.54. The van der Waals surface area contributed by atoms with E-state index in [2.05, 4.69) is 121 Å². The molecular weight excluding hydrogens is 386 g/mol. The van der Waals surface area contributed by atoms with Crippen molar-refractivity contribution in [3.8, 4) is 16.8 Å². The number of para-hydroxylation sites is 2. The summed E-state index contributed by atoms with van der Waals surface area (Å²) < 4.78 is 2.50. The molecule has 1 heterocycles. The molecule has 0 N–H and O–H groups in total. The van der Waals surface area contributed by atoms with Crippen LogP contribution in [0.3, 0.4) is 0 Å². The van der Waals surface area contributed by atoms with Crippen molar-refractivity contribution in [3.05, 3.63) is 132 Å². The minimum atomic E-state index is 1.07. The van der Waals surface area contributed by atoms with Gasteiger partial charge in [0, 0.05) is 22.2 Å². The van der Waals surface area contributed by atoms with Crippen LogP contribution in [0.4, 0.5) is 0 Å². The van der Waals surface area contributed by atoms with Gasteiger partial charge in [-0.15, -0.1) is 0 Å². The topological polar surface area (TPSA) is 4.93 Å². The van der Waals surface area contributed by atoms with Gasteiger partial charge in [0.25, 0.3) is 0 Å². The van der Waals surface area contributed by atoms with Gasteiger partial charge in [-0.1, -0.05) is 97.1 Å². The predicted molar refractivity (Wildman–Crippen MR) is 135 cm³/mol. The van der Waals surface area contributed by atoms with Crippen molar-refractivity contribution in [1.82, 2.24) is 4.57 Å². The highest BCUT2D eigenvalue weighted by molar-refractivity contribution is 6.03. The molecule has 32 heavy (non-hydrogen) atoms. The van der Waals surface area contributed by atoms with E-state index in [1.807, 2.05) is 0 Å². The molecule has 6 rings (SSSR count). The number of benzene rings is 4. The summed E-state index contributed by atoms with van der Waals surface area (Å²) in [6, 6.07) is 37.2. The molecule has 0 unspecified atom stereocenters. The summed E-state index contributed by atoms with van der Waals surface area (Å²) in [5.74, 6) is 0. The first-order chi connectivity index (χ1) is 15.8. The summed E-state index contributed by atoms with van der Waals surface area (Å²) in [5.41, 5.74) is 11.8. The van der Waals surface area contributed by atoms with Crippen molar-refractivity contribution < 1.29 is 0 Å². The zero-order valence-corrected chi connectivity index (χ0v) is 18.3. The molecule has 1 aliphatic carbocycles. The van der Waals surface area contributed by atoms with Gasteiger partial charge in [-0.25, -0.2) is 0 Å². The number of hydrogen-bond donors (Lipinski definition) is 0. The van der Waals surface area contributed by atoms with Crippen molar-refractivity contribution in [2.75, 3.05) is 0 Å². The van der Waals surface area contributed by atoms with Crippen molar-refractivity contribution in [2.24, 2.45) is 0 Å². The Labute approximate surface area is 189 Å². The molecule has 1 heteroatoms. The minimum absolute atomic E-state index is 1.07. The smallest absolute Gasteiger partial charge is 0.0616 e. The highest BCUT2D eigenvalue weighted by atomic mass is 15.0. The fourth-order valence-corrected chi connectivity index (χ4v) is 5.20. The second kappa shape index (κ2) is 7.69. The van der Waals surface area contributed by atoms with Crippen LogP contribution in [0.15, 0.2) is 109 Å². The standard InChI is InChI=1S/C31H25N/c1-22-12-8-9-17-25(22)27-19-11-21-29-28-20-10-18-26(23-13-4-2-5-14-23)30(28)32(31(27)29)24-15-6-3-7-16-24/h2-9,11-19,21H,10,20H2,1H3. The number of aromatic nitrogens is 1. The third-order valence-corrected chi connectivity index (χ3v) is 6.63. The summed E-state index contributed by atoms with van der Waals surface area (Å²) in [6.45, 7) is 2.21. The van der Waals surface area contributed by atoms with E-state index in [0.717, 1.165) is 12.8 Å². The van der Waals surface area contributed by atoms with Gasteiger partial charge in [0.05, 0.1) is 11.2 Å². The molecule has 0 saturated heterocycles. The van der Waals surface area contributed by atoms with Gasteiger partial charge in [0.15, 0.2) is 0 Å². The third kappa shape index (κ3) is 2.93. The second-order valence-corrected chi connectivity index (χ2v) is 8.54. The van der Waals surface area contributed by atoms with Crippen molar-refractivity contribution in [2.45, 2.75) is 19.8 Å². The first-order valence-electron chi connectivity index (χ1n) is 11.4. The molecule has 0 saturated carbocycles. The lowest BCUT2D eigenvalue weighted by atomic mass is 9.90. The van der Waals surface area contributed by atoms with Crippen molar-refractivity contribution in [3.63, 3.8) is 0 Å². The van der Waals surface area contributed by atoms with Gasteiger partial charge in [0.1, 0.15) is 0 Å². The van der Waals surface area contributed by atoms with Gasteiger partial charge >= 0.3 is 0 Å². The van der Waals surface area contributed by atoms with Gasteiger partial charge < -0.3 is 4.57 Å². The van der Waals surface area contributed by atoms with Crippen LogP contribution in [-0.2, 0) is 6.42 Å². The van der Waals surface area contributed by atoms with Crippen LogP contribution in [0, 0.1) is 6.92 Å². The van der Waals surface area contributed by atoms with E-state index in [-0.39, 0.29) is 0 Å². The zero-order valence-electron chi connectivity index (χ0n) is 18.3. The Bertz CT molecular complexity index is 1450. The lowest BCUT2D eigenvalue weighted by Crippen LogP contribution is -2.06. The molecule has 1 aromatic heterocycles. The van der Waals surface area contributed by atoms with Crippen LogP contribution in [0.5, 0.6) is 0 Å². The zero-order chi connectivity index (χ0) is 21.5. The lowest BCUT2D eigenvalue weighted by molar-refractivity contribution is 0.956. The summed E-state index contributed by atoms with van der Waals surface area (Å²) >= 11 is 0. The molecule has 5 aromatic rings. The number of hydrogen-bond acceptors (Lipinski definition) is 0. The average molecular weight is 412 g/mol. The van der Waals surface area contributed by atoms with Crippen molar-refractivity contribution >= 4 is 16.5 Å². The highest BCUT2D eigenvalue weighted by Gasteiger charge is 2.26. The van der Waals surface area contributed by atoms with Crippen LogP contribution in [0.25, 0.3) is 33.3 Å². The Kier molecular flexibility index (Phi) is 4.54. The number of nitrogens with zero attached hydrogens (tertiary/aromatic N) is 1. The molecule has 0 aliphatic heterocycles. The molecule has 154 valence electrons. The van der Waals surface area contributed by atoms with E-state index < -0.39 is 0 Å². The van der Waals surface area contributed by atoms with Crippen LogP contribution in [0.2, 0.25) is 0 Å². The van der Waals surface area contributed by atoms with Gasteiger partial charge in [0.2, 0.25) is 0 Å².